The maximum atomic E-state index is 12.7. The molecule has 1 aromatic carbocycles. The number of carboxylic acids is 1. The van der Waals surface area contributed by atoms with Crippen molar-refractivity contribution in [3.8, 4) is 11.5 Å². The molecule has 11 nitrogen and oxygen atoms in total. The summed E-state index contributed by atoms with van der Waals surface area (Å²) in [5.74, 6) is -4.08. The Morgan fingerprint density at radius 3 is 2.63 bits per heavy atom. The summed E-state index contributed by atoms with van der Waals surface area (Å²) in [6.45, 7) is 1.17. The summed E-state index contributed by atoms with van der Waals surface area (Å²) in [5, 5.41) is 50.1. The lowest BCUT2D eigenvalue weighted by Gasteiger charge is -2.59. The number of benzene rings is 1. The zero-order chi connectivity index (χ0) is 25.3. The van der Waals surface area contributed by atoms with Crippen LogP contribution in [0.15, 0.2) is 24.0 Å². The summed E-state index contributed by atoms with van der Waals surface area (Å²) in [6, 6.07) is 3.39. The molecule has 0 saturated heterocycles. The largest absolute Gasteiger partial charge is 0.504 e. The molecule has 3 aliphatic carbocycles. The predicted octanol–water partition coefficient (Wildman–Crippen LogP) is 0.0472. The van der Waals surface area contributed by atoms with Crippen LogP contribution in [0.1, 0.15) is 43.7 Å². The van der Waals surface area contributed by atoms with Gasteiger partial charge >= 0.3 is 17.9 Å². The van der Waals surface area contributed by atoms with Crippen molar-refractivity contribution in [3.05, 3.63) is 35.1 Å². The van der Waals surface area contributed by atoms with Gasteiger partial charge in [-0.05, 0) is 56.2 Å². The Kier molecular flexibility index (Phi) is 5.35. The van der Waals surface area contributed by atoms with Gasteiger partial charge in [-0.15, -0.1) is 0 Å². The highest BCUT2D eigenvalue weighted by Crippen LogP contribution is 2.67. The van der Waals surface area contributed by atoms with Crippen molar-refractivity contribution in [3.63, 3.8) is 0 Å². The lowest BCUT2D eigenvalue weighted by molar-refractivity contribution is -0.180. The first-order chi connectivity index (χ1) is 16.5. The molecule has 0 radical (unpaired) electrons. The number of esters is 2. The molecular formula is C24H26O11. The zero-order valence-corrected chi connectivity index (χ0v) is 18.8. The summed E-state index contributed by atoms with van der Waals surface area (Å²) in [4.78, 5) is 35.4. The SMILES string of the molecule is C[C@H](OC(=O)[C@H](O)[C@@H](O)C(=O)O)C(=O)OC1=CC[C@@]2(O)[C@@H]3CCC[C@@]24c2c(ccc(O)c2O[C@@H]14)C3. The van der Waals surface area contributed by atoms with E-state index >= 15 is 0 Å². The molecule has 0 unspecified atom stereocenters. The molecular weight excluding hydrogens is 464 g/mol. The van der Waals surface area contributed by atoms with Crippen molar-refractivity contribution < 1.29 is 54.1 Å². The molecule has 5 N–H and O–H groups in total. The van der Waals surface area contributed by atoms with Crippen LogP contribution in [0, 0.1) is 5.92 Å². The normalized spacial score (nSPS) is 32.3. The Labute approximate surface area is 199 Å². The van der Waals surface area contributed by atoms with E-state index in [0.717, 1.165) is 24.0 Å². The fourth-order valence-electron chi connectivity index (χ4n) is 6.29. The number of phenolic OH excluding ortho intramolecular Hbond substituents is 1. The lowest BCUT2D eigenvalue weighted by Crippen LogP contribution is -2.67. The van der Waals surface area contributed by atoms with Crippen LogP contribution in [0.5, 0.6) is 11.5 Å². The Bertz CT molecular complexity index is 1140. The van der Waals surface area contributed by atoms with Gasteiger partial charge in [0.2, 0.25) is 0 Å². The molecule has 7 atom stereocenters. The van der Waals surface area contributed by atoms with Crippen LogP contribution in [0.25, 0.3) is 0 Å². The second-order valence-corrected chi connectivity index (χ2v) is 9.67. The monoisotopic (exact) mass is 490 g/mol. The maximum Gasteiger partial charge on any atom is 0.352 e. The maximum absolute atomic E-state index is 12.7. The van der Waals surface area contributed by atoms with Crippen LogP contribution in [-0.4, -0.2) is 73.5 Å². The number of carboxylic acid groups (broad SMARTS) is 1. The van der Waals surface area contributed by atoms with Gasteiger partial charge in [0, 0.05) is 5.56 Å². The molecule has 1 heterocycles. The van der Waals surface area contributed by atoms with Crippen molar-refractivity contribution in [1.82, 2.24) is 0 Å². The van der Waals surface area contributed by atoms with Crippen LogP contribution >= 0.6 is 0 Å². The van der Waals surface area contributed by atoms with E-state index in [1.165, 1.54) is 6.92 Å². The molecule has 188 valence electrons. The van der Waals surface area contributed by atoms with Crippen molar-refractivity contribution in [1.29, 1.82) is 0 Å². The third kappa shape index (κ3) is 3.18. The highest BCUT2D eigenvalue weighted by molar-refractivity contribution is 5.86. The first-order valence-corrected chi connectivity index (χ1v) is 11.5. The topological polar surface area (TPSA) is 180 Å². The molecule has 1 aliphatic heterocycles. The number of carbonyl (C=O) groups is 3. The number of aromatic hydroxyl groups is 1. The van der Waals surface area contributed by atoms with E-state index in [-0.39, 0.29) is 29.6 Å². The smallest absolute Gasteiger partial charge is 0.352 e. The molecule has 1 saturated carbocycles. The minimum Gasteiger partial charge on any atom is -0.504 e. The molecule has 4 aliphatic rings. The highest BCUT2D eigenvalue weighted by atomic mass is 16.6. The Morgan fingerprint density at radius 1 is 1.17 bits per heavy atom. The van der Waals surface area contributed by atoms with E-state index in [0.29, 0.717) is 12.8 Å². The van der Waals surface area contributed by atoms with Gasteiger partial charge in [-0.3, -0.25) is 0 Å². The molecule has 0 aromatic heterocycles. The number of phenols is 1. The summed E-state index contributed by atoms with van der Waals surface area (Å²) in [6.07, 6.45) is -2.60. The molecule has 35 heavy (non-hydrogen) atoms. The summed E-state index contributed by atoms with van der Waals surface area (Å²) < 4.78 is 16.5. The van der Waals surface area contributed by atoms with Crippen molar-refractivity contribution in [2.45, 2.75) is 74.5 Å². The number of aliphatic hydroxyl groups excluding tert-OH is 2. The van der Waals surface area contributed by atoms with Gasteiger partial charge in [-0.1, -0.05) is 12.5 Å². The fourth-order valence-corrected chi connectivity index (χ4v) is 6.29. The number of hydrogen-bond donors (Lipinski definition) is 5. The highest BCUT2D eigenvalue weighted by Gasteiger charge is 2.70. The van der Waals surface area contributed by atoms with E-state index in [1.807, 2.05) is 6.07 Å². The van der Waals surface area contributed by atoms with Crippen LogP contribution in [0.2, 0.25) is 0 Å². The first kappa shape index (κ1) is 23.6. The Balaban J connectivity index is 1.40. The number of aliphatic hydroxyl groups is 3. The third-order valence-electron chi connectivity index (χ3n) is 7.90. The number of carbonyl (C=O) groups excluding carboxylic acids is 2. The molecule has 1 aromatic rings. The Morgan fingerprint density at radius 2 is 1.91 bits per heavy atom. The Hall–Kier alpha value is -3.15. The van der Waals surface area contributed by atoms with Crippen LogP contribution in [-0.2, 0) is 35.7 Å². The molecule has 1 spiro atoms. The van der Waals surface area contributed by atoms with E-state index in [4.69, 9.17) is 19.3 Å². The number of ether oxygens (including phenoxy) is 3. The lowest BCUT2D eigenvalue weighted by atomic mass is 9.47. The van der Waals surface area contributed by atoms with Crippen molar-refractivity contribution in [2.75, 3.05) is 0 Å². The van der Waals surface area contributed by atoms with Gasteiger partial charge in [-0.25, -0.2) is 14.4 Å². The quantitative estimate of drug-likeness (QED) is 0.340. The molecule has 0 amide bonds. The fraction of sp³-hybridized carbons (Fsp3) is 0.542. The molecule has 5 rings (SSSR count). The molecule has 2 bridgehead atoms. The van der Waals surface area contributed by atoms with Gasteiger partial charge < -0.3 is 39.7 Å². The summed E-state index contributed by atoms with van der Waals surface area (Å²) in [5.41, 5.74) is -0.334. The van der Waals surface area contributed by atoms with Gasteiger partial charge in [0.15, 0.2) is 35.9 Å². The van der Waals surface area contributed by atoms with E-state index in [1.54, 1.807) is 12.1 Å². The van der Waals surface area contributed by atoms with E-state index < -0.39 is 53.3 Å². The average Bonchev–Trinajstić information content (AvgIpc) is 3.16. The van der Waals surface area contributed by atoms with Crippen LogP contribution < -0.4 is 4.74 Å². The summed E-state index contributed by atoms with van der Waals surface area (Å²) in [7, 11) is 0. The number of hydrogen-bond acceptors (Lipinski definition) is 10. The van der Waals surface area contributed by atoms with E-state index in [2.05, 4.69) is 0 Å². The minimum absolute atomic E-state index is 0.0270. The zero-order valence-electron chi connectivity index (χ0n) is 18.8. The number of aliphatic carboxylic acids is 1. The van der Waals surface area contributed by atoms with Gasteiger partial charge in [0.05, 0.1) is 11.0 Å². The molecule has 11 heteroatoms. The van der Waals surface area contributed by atoms with Gasteiger partial charge in [0.25, 0.3) is 0 Å². The molecule has 1 fully saturated rings. The van der Waals surface area contributed by atoms with Crippen LogP contribution in [0.3, 0.4) is 0 Å². The average molecular weight is 490 g/mol. The minimum atomic E-state index is -2.42. The number of rotatable bonds is 6. The standard InChI is InChI=1S/C24H26O11/c1-10(33-22(31)17(27)16(26)20(28)29)21(30)34-14-6-8-24(32)12-3-2-7-23(24)15-11(9-12)4-5-13(25)18(15)35-19(14)23/h4-6,10,12,16-17,19,25-27,32H,2-3,7-9H2,1H3,(H,28,29)/t10-,12+,16+,17+,19-,23-,24+/m0/s1. The van der Waals surface area contributed by atoms with Gasteiger partial charge in [0.1, 0.15) is 5.76 Å². The van der Waals surface area contributed by atoms with Crippen molar-refractivity contribution >= 4 is 17.9 Å². The predicted molar refractivity (Wildman–Crippen MR) is 114 cm³/mol. The third-order valence-corrected chi connectivity index (χ3v) is 7.90. The van der Waals surface area contributed by atoms with E-state index in [9.17, 15) is 34.8 Å². The first-order valence-electron chi connectivity index (χ1n) is 11.5. The second-order valence-electron chi connectivity index (χ2n) is 9.67. The second kappa shape index (κ2) is 7.94. The van der Waals surface area contributed by atoms with Crippen molar-refractivity contribution in [2.24, 2.45) is 5.92 Å². The summed E-state index contributed by atoms with van der Waals surface area (Å²) >= 11 is 0. The van der Waals surface area contributed by atoms with Crippen LogP contribution in [0.4, 0.5) is 0 Å². The van der Waals surface area contributed by atoms with Gasteiger partial charge in [-0.2, -0.15) is 0 Å².